The maximum Gasteiger partial charge on any atom is 0.0814 e. The van der Waals surface area contributed by atoms with Crippen molar-refractivity contribution >= 4 is 14.1 Å². The van der Waals surface area contributed by atoms with Gasteiger partial charge in [-0.2, -0.15) is 0 Å². The molecule has 0 unspecified atom stereocenters. The molecular weight excluding hydrogens is 161 g/mol. The van der Waals surface area contributed by atoms with E-state index in [9.17, 15) is 0 Å². The maximum atomic E-state index is 5.28. The Bertz CT molecular complexity index is 234. The van der Waals surface area contributed by atoms with Crippen LogP contribution in [0.15, 0.2) is 30.3 Å². The van der Waals surface area contributed by atoms with Gasteiger partial charge in [0.15, 0.2) is 0 Å². The van der Waals surface area contributed by atoms with E-state index in [0.29, 0.717) is 0 Å². The lowest BCUT2D eigenvalue weighted by Crippen LogP contribution is -2.36. The van der Waals surface area contributed by atoms with Crippen LogP contribution in [0.1, 0.15) is 0 Å². The van der Waals surface area contributed by atoms with Crippen molar-refractivity contribution < 1.29 is 4.74 Å². The molecule has 1 fully saturated rings. The van der Waals surface area contributed by atoms with Crippen LogP contribution in [0, 0.1) is 0 Å². The molecule has 0 spiro atoms. The van der Waals surface area contributed by atoms with Crippen molar-refractivity contribution in [3.63, 3.8) is 0 Å². The third-order valence-corrected chi connectivity index (χ3v) is 2.13. The average molecular weight is 177 g/mol. The Morgan fingerprint density at radius 3 is 2.23 bits per heavy atom. The summed E-state index contributed by atoms with van der Waals surface area (Å²) in [5.41, 5.74) is 1.31. The Morgan fingerprint density at radius 1 is 1.00 bits per heavy atom. The molecule has 1 heterocycles. The van der Waals surface area contributed by atoms with Crippen LogP contribution >= 0.6 is 0 Å². The van der Waals surface area contributed by atoms with Gasteiger partial charge in [-0.25, -0.2) is 0 Å². The summed E-state index contributed by atoms with van der Waals surface area (Å²) in [6, 6.07) is 10.5. The molecule has 1 aromatic carbocycles. The Balaban J connectivity index is 0.000000845. The van der Waals surface area contributed by atoms with E-state index in [1.54, 1.807) is 0 Å². The van der Waals surface area contributed by atoms with Gasteiger partial charge < -0.3 is 9.64 Å². The fourth-order valence-electron chi connectivity index (χ4n) is 1.46. The Morgan fingerprint density at radius 2 is 1.62 bits per heavy atom. The molecule has 0 aliphatic carbocycles. The highest BCUT2D eigenvalue weighted by Crippen LogP contribution is 2.13. The third kappa shape index (κ3) is 2.49. The second-order valence-electron chi connectivity index (χ2n) is 2.93. The van der Waals surface area contributed by atoms with Gasteiger partial charge in [0, 0.05) is 18.8 Å². The topological polar surface area (TPSA) is 12.5 Å². The number of anilines is 1. The smallest absolute Gasteiger partial charge is 0.0814 e. The molecule has 2 nitrogen and oxygen atoms in total. The number of morpholine rings is 1. The number of benzene rings is 1. The molecule has 2 rings (SSSR count). The number of para-hydroxylation sites is 1. The molecule has 3 heteroatoms. The van der Waals surface area contributed by atoms with Gasteiger partial charge in [-0.3, -0.25) is 0 Å². The molecule has 0 atom stereocenters. The van der Waals surface area contributed by atoms with E-state index in [-0.39, 0.29) is 8.41 Å². The molecule has 1 aliphatic heterocycles. The lowest BCUT2D eigenvalue weighted by Gasteiger charge is -2.28. The predicted octanol–water partition coefficient (Wildman–Crippen LogP) is 0.339. The number of hydrogen-bond acceptors (Lipinski definition) is 2. The minimum Gasteiger partial charge on any atom is -0.378 e. The van der Waals surface area contributed by atoms with Crippen LogP contribution in [0.5, 0.6) is 0 Å². The molecule has 1 aliphatic rings. The highest BCUT2D eigenvalue weighted by Gasteiger charge is 2.09. The predicted molar refractivity (Wildman–Crippen MR) is 59.4 cm³/mol. The average Bonchev–Trinajstić information content (AvgIpc) is 2.21. The summed E-state index contributed by atoms with van der Waals surface area (Å²) in [5.74, 6) is 0. The van der Waals surface area contributed by atoms with Crippen LogP contribution in [-0.2, 0) is 4.74 Å². The fourth-order valence-corrected chi connectivity index (χ4v) is 1.46. The van der Waals surface area contributed by atoms with Crippen molar-refractivity contribution in [3.05, 3.63) is 30.3 Å². The van der Waals surface area contributed by atoms with E-state index in [4.69, 9.17) is 4.74 Å². The monoisotopic (exact) mass is 177 g/mol. The number of nitrogens with zero attached hydrogens (tertiary/aromatic N) is 1. The van der Waals surface area contributed by atoms with Crippen molar-refractivity contribution in [2.75, 3.05) is 31.2 Å². The largest absolute Gasteiger partial charge is 0.378 e. The molecule has 13 heavy (non-hydrogen) atoms. The van der Waals surface area contributed by atoms with Gasteiger partial charge >= 0.3 is 0 Å². The zero-order valence-corrected chi connectivity index (χ0v) is 7.07. The Kier molecular flexibility index (Phi) is 3.84. The first-order valence-electron chi connectivity index (χ1n) is 4.34. The van der Waals surface area contributed by atoms with Gasteiger partial charge in [0.1, 0.15) is 0 Å². The van der Waals surface area contributed by atoms with Crippen LogP contribution in [0.3, 0.4) is 0 Å². The summed E-state index contributed by atoms with van der Waals surface area (Å²) in [6.07, 6.45) is 0. The van der Waals surface area contributed by atoms with Crippen LogP contribution in [0.2, 0.25) is 0 Å². The molecule has 0 amide bonds. The van der Waals surface area contributed by atoms with Crippen LogP contribution < -0.4 is 4.90 Å². The third-order valence-electron chi connectivity index (χ3n) is 2.13. The maximum absolute atomic E-state index is 5.28. The Labute approximate surface area is 81.1 Å². The number of ether oxygens (including phenoxy) is 1. The van der Waals surface area contributed by atoms with E-state index in [1.807, 2.05) is 6.07 Å². The van der Waals surface area contributed by atoms with Gasteiger partial charge in [-0.15, -0.1) is 0 Å². The standard InChI is InChI=1S/C10H13NO.BH3/c1-2-4-10(5-3-1)11-6-8-12-9-7-11;/h1-5H,6-9H2;1H3. The molecular formula is C10H16BNO. The second-order valence-corrected chi connectivity index (χ2v) is 2.93. The zero-order chi connectivity index (χ0) is 8.23. The van der Waals surface area contributed by atoms with Crippen molar-refractivity contribution in [3.8, 4) is 0 Å². The van der Waals surface area contributed by atoms with Gasteiger partial charge in [0.05, 0.1) is 21.6 Å². The van der Waals surface area contributed by atoms with E-state index in [2.05, 4.69) is 29.2 Å². The van der Waals surface area contributed by atoms with Crippen molar-refractivity contribution in [2.45, 2.75) is 0 Å². The van der Waals surface area contributed by atoms with E-state index < -0.39 is 0 Å². The lowest BCUT2D eigenvalue weighted by atomic mass is 10.3. The summed E-state index contributed by atoms with van der Waals surface area (Å²) in [4.78, 5) is 2.35. The molecule has 0 aromatic heterocycles. The van der Waals surface area contributed by atoms with Crippen LogP contribution in [-0.4, -0.2) is 34.7 Å². The van der Waals surface area contributed by atoms with Crippen LogP contribution in [0.4, 0.5) is 5.69 Å². The lowest BCUT2D eigenvalue weighted by molar-refractivity contribution is 0.122. The SMILES string of the molecule is B.c1ccc(N2CCOCC2)cc1. The van der Waals surface area contributed by atoms with Gasteiger partial charge in [-0.1, -0.05) is 18.2 Å². The zero-order valence-electron chi connectivity index (χ0n) is 7.07. The van der Waals surface area contributed by atoms with E-state index in [1.165, 1.54) is 5.69 Å². The van der Waals surface area contributed by atoms with Crippen molar-refractivity contribution in [1.29, 1.82) is 0 Å². The molecule has 0 saturated carbocycles. The molecule has 0 N–H and O–H groups in total. The summed E-state index contributed by atoms with van der Waals surface area (Å²) >= 11 is 0. The molecule has 70 valence electrons. The first-order chi connectivity index (χ1) is 5.97. The first-order valence-corrected chi connectivity index (χ1v) is 4.34. The quantitative estimate of drug-likeness (QED) is 0.573. The minimum atomic E-state index is 0. The fraction of sp³-hybridized carbons (Fsp3) is 0.400. The number of hydrogen-bond donors (Lipinski definition) is 0. The highest BCUT2D eigenvalue weighted by atomic mass is 16.5. The minimum absolute atomic E-state index is 0. The highest BCUT2D eigenvalue weighted by molar-refractivity contribution is 5.75. The molecule has 0 radical (unpaired) electrons. The summed E-state index contributed by atoms with van der Waals surface area (Å²) in [7, 11) is 0. The van der Waals surface area contributed by atoms with Crippen molar-refractivity contribution in [2.24, 2.45) is 0 Å². The summed E-state index contributed by atoms with van der Waals surface area (Å²) < 4.78 is 5.28. The molecule has 1 saturated heterocycles. The summed E-state index contributed by atoms with van der Waals surface area (Å²) in [5, 5.41) is 0. The Hall–Kier alpha value is -0.955. The van der Waals surface area contributed by atoms with Gasteiger partial charge in [-0.05, 0) is 12.1 Å². The molecule has 0 bridgehead atoms. The van der Waals surface area contributed by atoms with Crippen molar-refractivity contribution in [1.82, 2.24) is 0 Å². The van der Waals surface area contributed by atoms with Crippen LogP contribution in [0.25, 0.3) is 0 Å². The van der Waals surface area contributed by atoms with Gasteiger partial charge in [0.25, 0.3) is 0 Å². The first kappa shape index (κ1) is 10.1. The van der Waals surface area contributed by atoms with E-state index >= 15 is 0 Å². The molecule has 1 aromatic rings. The second kappa shape index (κ2) is 4.92. The summed E-state index contributed by atoms with van der Waals surface area (Å²) in [6.45, 7) is 3.75. The number of rotatable bonds is 1. The normalized spacial score (nSPS) is 16.5. The van der Waals surface area contributed by atoms with Gasteiger partial charge in [0.2, 0.25) is 0 Å². The van der Waals surface area contributed by atoms with E-state index in [0.717, 1.165) is 26.3 Å².